The lowest BCUT2D eigenvalue weighted by molar-refractivity contribution is -0.384. The van der Waals surface area contributed by atoms with Gasteiger partial charge < -0.3 is 10.1 Å². The molecule has 1 heterocycles. The van der Waals surface area contributed by atoms with Crippen LogP contribution in [0.5, 0.6) is 0 Å². The van der Waals surface area contributed by atoms with Crippen LogP contribution < -0.4 is 5.32 Å². The number of nitro groups is 1. The molecular weight excluding hydrogens is 388 g/mol. The number of esters is 1. The molecule has 1 N–H and O–H groups in total. The predicted molar refractivity (Wildman–Crippen MR) is 112 cm³/mol. The van der Waals surface area contributed by atoms with Crippen LogP contribution >= 0.6 is 0 Å². The number of rotatable bonds is 9. The number of carbonyl (C=O) groups excluding carboxylic acids is 2. The SMILES string of the molecule is Cc1ccc(NC(=O)COC(=O)CCc2c(C)nn(CC(C)C)c2C)c([N+](=O)[O-])c1. The van der Waals surface area contributed by atoms with Gasteiger partial charge in [0, 0.05) is 24.7 Å². The monoisotopic (exact) mass is 416 g/mol. The maximum absolute atomic E-state index is 12.1. The molecule has 0 aliphatic rings. The van der Waals surface area contributed by atoms with Crippen LogP contribution in [0.15, 0.2) is 18.2 Å². The first kappa shape index (κ1) is 23.1. The van der Waals surface area contributed by atoms with Crippen molar-refractivity contribution < 1.29 is 19.2 Å². The van der Waals surface area contributed by atoms with E-state index in [4.69, 9.17) is 4.74 Å². The maximum Gasteiger partial charge on any atom is 0.306 e. The number of ether oxygens (including phenoxy) is 1. The molecule has 0 bridgehead atoms. The van der Waals surface area contributed by atoms with Gasteiger partial charge in [0.05, 0.1) is 10.6 Å². The molecule has 0 saturated heterocycles. The van der Waals surface area contributed by atoms with Gasteiger partial charge in [-0.25, -0.2) is 0 Å². The number of nitrogens with zero attached hydrogens (tertiary/aromatic N) is 3. The topological polar surface area (TPSA) is 116 Å². The molecule has 0 atom stereocenters. The highest BCUT2D eigenvalue weighted by molar-refractivity contribution is 5.94. The Balaban J connectivity index is 1.88. The molecule has 30 heavy (non-hydrogen) atoms. The Labute approximate surface area is 175 Å². The first-order valence-electron chi connectivity index (χ1n) is 9.81. The summed E-state index contributed by atoms with van der Waals surface area (Å²) < 4.78 is 6.97. The van der Waals surface area contributed by atoms with Crippen molar-refractivity contribution in [1.82, 2.24) is 9.78 Å². The van der Waals surface area contributed by atoms with Crippen molar-refractivity contribution in [3.8, 4) is 0 Å². The molecule has 1 aromatic carbocycles. The van der Waals surface area contributed by atoms with Crippen molar-refractivity contribution >= 4 is 23.3 Å². The predicted octanol–water partition coefficient (Wildman–Crippen LogP) is 3.49. The fraction of sp³-hybridized carbons (Fsp3) is 0.476. The summed E-state index contributed by atoms with van der Waals surface area (Å²) in [5.74, 6) is -0.685. The van der Waals surface area contributed by atoms with E-state index < -0.39 is 23.4 Å². The summed E-state index contributed by atoms with van der Waals surface area (Å²) in [5, 5.41) is 18.1. The molecule has 0 aliphatic heterocycles. The molecule has 0 aliphatic carbocycles. The van der Waals surface area contributed by atoms with Crippen LogP contribution in [0.2, 0.25) is 0 Å². The van der Waals surface area contributed by atoms with Crippen LogP contribution in [0.25, 0.3) is 0 Å². The van der Waals surface area contributed by atoms with E-state index >= 15 is 0 Å². The lowest BCUT2D eigenvalue weighted by Gasteiger charge is -2.09. The highest BCUT2D eigenvalue weighted by atomic mass is 16.6. The first-order chi connectivity index (χ1) is 14.1. The highest BCUT2D eigenvalue weighted by Crippen LogP contribution is 2.25. The molecule has 9 nitrogen and oxygen atoms in total. The normalized spacial score (nSPS) is 10.9. The second kappa shape index (κ2) is 10.00. The zero-order valence-corrected chi connectivity index (χ0v) is 18.0. The van der Waals surface area contributed by atoms with Crippen molar-refractivity contribution in [2.45, 2.75) is 54.0 Å². The molecule has 0 fully saturated rings. The summed E-state index contributed by atoms with van der Waals surface area (Å²) in [5.41, 5.74) is 3.47. The molecule has 0 unspecified atom stereocenters. The standard InChI is InChI=1S/C21H28N4O5/c1-13(2)11-24-16(5)17(15(4)23-24)7-9-21(27)30-12-20(26)22-18-8-6-14(3)10-19(18)25(28)29/h6,8,10,13H,7,9,11-12H2,1-5H3,(H,22,26). The number of amides is 1. The second-order valence-corrected chi connectivity index (χ2v) is 7.71. The molecule has 162 valence electrons. The van der Waals surface area contributed by atoms with Crippen LogP contribution in [0.1, 0.15) is 42.8 Å². The third kappa shape index (κ3) is 6.13. The van der Waals surface area contributed by atoms with E-state index in [2.05, 4.69) is 24.3 Å². The Morgan fingerprint density at radius 2 is 1.97 bits per heavy atom. The lowest BCUT2D eigenvalue weighted by atomic mass is 10.1. The van der Waals surface area contributed by atoms with Gasteiger partial charge in [-0.1, -0.05) is 19.9 Å². The average molecular weight is 416 g/mol. The van der Waals surface area contributed by atoms with Crippen LogP contribution in [0.4, 0.5) is 11.4 Å². The Hall–Kier alpha value is -3.23. The fourth-order valence-electron chi connectivity index (χ4n) is 3.15. The number of hydrogen-bond acceptors (Lipinski definition) is 6. The number of nitro benzene ring substituents is 1. The van der Waals surface area contributed by atoms with E-state index in [0.717, 1.165) is 23.5 Å². The Bertz CT molecular complexity index is 949. The molecule has 2 rings (SSSR count). The van der Waals surface area contributed by atoms with Crippen LogP contribution in [-0.4, -0.2) is 33.2 Å². The van der Waals surface area contributed by atoms with Crippen molar-refractivity contribution in [2.75, 3.05) is 11.9 Å². The Morgan fingerprint density at radius 1 is 1.27 bits per heavy atom. The van der Waals surface area contributed by atoms with Crippen LogP contribution in [0.3, 0.4) is 0 Å². The van der Waals surface area contributed by atoms with Gasteiger partial charge in [0.2, 0.25) is 0 Å². The molecule has 2 aromatic rings. The largest absolute Gasteiger partial charge is 0.456 e. The van der Waals surface area contributed by atoms with Crippen molar-refractivity contribution in [1.29, 1.82) is 0 Å². The smallest absolute Gasteiger partial charge is 0.306 e. The van der Waals surface area contributed by atoms with Gasteiger partial charge in [-0.2, -0.15) is 5.10 Å². The second-order valence-electron chi connectivity index (χ2n) is 7.71. The van der Waals surface area contributed by atoms with E-state index in [1.807, 2.05) is 18.5 Å². The van der Waals surface area contributed by atoms with E-state index in [9.17, 15) is 19.7 Å². The third-order valence-corrected chi connectivity index (χ3v) is 4.64. The lowest BCUT2D eigenvalue weighted by Crippen LogP contribution is -2.21. The zero-order valence-electron chi connectivity index (χ0n) is 18.0. The van der Waals surface area contributed by atoms with Crippen LogP contribution in [0, 0.1) is 36.8 Å². The number of carbonyl (C=O) groups is 2. The van der Waals surface area contributed by atoms with Gasteiger partial charge in [-0.05, 0) is 50.3 Å². The molecule has 1 amide bonds. The summed E-state index contributed by atoms with van der Waals surface area (Å²) in [6.07, 6.45) is 0.590. The molecule has 9 heteroatoms. The molecule has 1 aromatic heterocycles. The van der Waals surface area contributed by atoms with Crippen LogP contribution in [-0.2, 0) is 27.3 Å². The summed E-state index contributed by atoms with van der Waals surface area (Å²) in [6, 6.07) is 4.47. The van der Waals surface area contributed by atoms with Gasteiger partial charge in [-0.15, -0.1) is 0 Å². The van der Waals surface area contributed by atoms with E-state index in [1.165, 1.54) is 12.1 Å². The molecule has 0 radical (unpaired) electrons. The summed E-state index contributed by atoms with van der Waals surface area (Å²) in [6.45, 7) is 10.1. The summed E-state index contributed by atoms with van der Waals surface area (Å²) in [4.78, 5) is 34.7. The molecule has 0 saturated carbocycles. The maximum atomic E-state index is 12.1. The molecular formula is C21H28N4O5. The van der Waals surface area contributed by atoms with Crippen molar-refractivity contribution in [3.63, 3.8) is 0 Å². The summed E-state index contributed by atoms with van der Waals surface area (Å²) >= 11 is 0. The average Bonchev–Trinajstić information content (AvgIpc) is 2.92. The highest BCUT2D eigenvalue weighted by Gasteiger charge is 2.18. The number of aromatic nitrogens is 2. The summed E-state index contributed by atoms with van der Waals surface area (Å²) in [7, 11) is 0. The minimum Gasteiger partial charge on any atom is -0.456 e. The Morgan fingerprint density at radius 3 is 2.60 bits per heavy atom. The van der Waals surface area contributed by atoms with Crippen molar-refractivity contribution in [2.24, 2.45) is 5.92 Å². The third-order valence-electron chi connectivity index (χ3n) is 4.64. The Kier molecular flexibility index (Phi) is 7.68. The van der Waals surface area contributed by atoms with E-state index in [1.54, 1.807) is 13.0 Å². The van der Waals surface area contributed by atoms with Crippen molar-refractivity contribution in [3.05, 3.63) is 50.8 Å². The number of anilines is 1. The minimum atomic E-state index is -0.632. The van der Waals surface area contributed by atoms with Gasteiger partial charge in [0.15, 0.2) is 6.61 Å². The number of benzene rings is 1. The molecule has 0 spiro atoms. The van der Waals surface area contributed by atoms with Gasteiger partial charge in [-0.3, -0.25) is 24.4 Å². The van der Waals surface area contributed by atoms with E-state index in [0.29, 0.717) is 17.9 Å². The van der Waals surface area contributed by atoms with Gasteiger partial charge in [0.1, 0.15) is 5.69 Å². The fourth-order valence-corrected chi connectivity index (χ4v) is 3.15. The first-order valence-corrected chi connectivity index (χ1v) is 9.81. The van der Waals surface area contributed by atoms with E-state index in [-0.39, 0.29) is 17.8 Å². The zero-order chi connectivity index (χ0) is 22.4. The van der Waals surface area contributed by atoms with Gasteiger partial charge >= 0.3 is 5.97 Å². The number of hydrogen-bond donors (Lipinski definition) is 1. The quantitative estimate of drug-likeness (QED) is 0.380. The number of nitrogens with one attached hydrogen (secondary N) is 1. The number of aryl methyl sites for hydroxylation is 2. The van der Waals surface area contributed by atoms with Gasteiger partial charge in [0.25, 0.3) is 11.6 Å². The minimum absolute atomic E-state index is 0.0652.